The minimum atomic E-state index is -1.75. The van der Waals surface area contributed by atoms with E-state index in [1.54, 1.807) is 48.6 Å². The predicted octanol–water partition coefficient (Wildman–Crippen LogP) is 5.24. The molecular weight excluding hydrogens is 542 g/mol. The van der Waals surface area contributed by atoms with Crippen LogP contribution in [0.2, 0.25) is 0 Å². The van der Waals surface area contributed by atoms with Crippen molar-refractivity contribution in [2.24, 2.45) is 16.6 Å². The Hall–Kier alpha value is -5.05. The minimum absolute atomic E-state index is 0.00802. The zero-order chi connectivity index (χ0) is 31.2. The Morgan fingerprint density at radius 2 is 1.74 bits per heavy atom. The van der Waals surface area contributed by atoms with Gasteiger partial charge in [0.1, 0.15) is 18.1 Å². The maximum absolute atomic E-state index is 14.2. The molecule has 0 bridgehead atoms. The number of nitrogens with two attached hydrogens (primary N) is 1. The maximum atomic E-state index is 14.2. The van der Waals surface area contributed by atoms with E-state index in [0.717, 1.165) is 5.56 Å². The fourth-order valence-corrected chi connectivity index (χ4v) is 4.61. The summed E-state index contributed by atoms with van der Waals surface area (Å²) >= 11 is 0. The highest BCUT2D eigenvalue weighted by Gasteiger charge is 2.52. The normalized spacial score (nSPS) is 16.9. The number of anilines is 1. The first kappa shape index (κ1) is 30.9. The van der Waals surface area contributed by atoms with Gasteiger partial charge in [0.2, 0.25) is 5.91 Å². The number of hydrogen-bond donors (Lipinski definition) is 4. The number of pyridine rings is 1. The molecule has 0 spiro atoms. The van der Waals surface area contributed by atoms with E-state index in [2.05, 4.69) is 15.6 Å². The van der Waals surface area contributed by atoms with Crippen LogP contribution in [0.1, 0.15) is 61.3 Å². The van der Waals surface area contributed by atoms with Crippen LogP contribution in [0, 0.1) is 16.2 Å². The molecule has 0 aliphatic heterocycles. The molecule has 43 heavy (non-hydrogen) atoms. The summed E-state index contributed by atoms with van der Waals surface area (Å²) in [5, 5.41) is 13.4. The van der Waals surface area contributed by atoms with Gasteiger partial charge in [-0.3, -0.25) is 24.8 Å². The average Bonchev–Trinajstić information content (AvgIpc) is 3.00. The van der Waals surface area contributed by atoms with Crippen LogP contribution in [0.5, 0.6) is 0 Å². The molecule has 5 N–H and O–H groups in total. The Morgan fingerprint density at radius 3 is 2.40 bits per heavy atom. The van der Waals surface area contributed by atoms with E-state index in [4.69, 9.17) is 15.9 Å². The Labute approximate surface area is 251 Å². The van der Waals surface area contributed by atoms with Crippen LogP contribution in [-0.2, 0) is 20.9 Å². The Kier molecular flexibility index (Phi) is 9.24. The largest absolute Gasteiger partial charge is 0.460 e. The second kappa shape index (κ2) is 12.9. The molecule has 9 heteroatoms. The zero-order valence-electron chi connectivity index (χ0n) is 24.8. The first-order valence-corrected chi connectivity index (χ1v) is 14.0. The van der Waals surface area contributed by atoms with Gasteiger partial charge in [-0.25, -0.2) is 0 Å². The lowest BCUT2D eigenvalue weighted by Gasteiger charge is -2.37. The molecule has 4 rings (SSSR count). The van der Waals surface area contributed by atoms with E-state index in [1.807, 2.05) is 58.0 Å². The van der Waals surface area contributed by atoms with Gasteiger partial charge in [0.25, 0.3) is 5.91 Å². The molecule has 0 saturated carbocycles. The fourth-order valence-electron chi connectivity index (χ4n) is 4.61. The van der Waals surface area contributed by atoms with Gasteiger partial charge >= 0.3 is 5.97 Å². The molecule has 9 nitrogen and oxygen atoms in total. The van der Waals surface area contributed by atoms with Crippen LogP contribution < -0.4 is 16.4 Å². The van der Waals surface area contributed by atoms with Gasteiger partial charge in [0.15, 0.2) is 5.41 Å². The van der Waals surface area contributed by atoms with Crippen molar-refractivity contribution in [1.29, 1.82) is 5.41 Å². The topological polar surface area (TPSA) is 147 Å². The van der Waals surface area contributed by atoms with E-state index >= 15 is 0 Å². The van der Waals surface area contributed by atoms with Crippen molar-refractivity contribution >= 4 is 34.9 Å². The summed E-state index contributed by atoms with van der Waals surface area (Å²) in [5.41, 5.74) is 5.99. The quantitative estimate of drug-likeness (QED) is 0.118. The lowest BCUT2D eigenvalue weighted by Crippen LogP contribution is -2.53. The van der Waals surface area contributed by atoms with Crippen molar-refractivity contribution in [2.45, 2.75) is 46.8 Å². The lowest BCUT2D eigenvalue weighted by molar-refractivity contribution is -0.158. The second-order valence-electron chi connectivity index (χ2n) is 11.6. The van der Waals surface area contributed by atoms with Crippen molar-refractivity contribution < 1.29 is 19.1 Å². The number of hydrogen-bond acceptors (Lipinski definition) is 6. The Bertz CT molecular complexity index is 1570. The van der Waals surface area contributed by atoms with Crippen molar-refractivity contribution in [3.8, 4) is 0 Å². The molecule has 1 aromatic heterocycles. The van der Waals surface area contributed by atoms with Gasteiger partial charge in [0.05, 0.1) is 11.9 Å². The number of esters is 1. The summed E-state index contributed by atoms with van der Waals surface area (Å²) in [4.78, 5) is 46.1. The van der Waals surface area contributed by atoms with E-state index in [1.165, 1.54) is 12.3 Å². The highest BCUT2D eigenvalue weighted by Crippen LogP contribution is 2.44. The van der Waals surface area contributed by atoms with Crippen LogP contribution in [0.15, 0.2) is 91.2 Å². The van der Waals surface area contributed by atoms with E-state index < -0.39 is 23.2 Å². The van der Waals surface area contributed by atoms with Crippen molar-refractivity contribution in [3.63, 3.8) is 0 Å². The number of allylic oxidation sites excluding steroid dienone is 3. The third-order valence-electron chi connectivity index (χ3n) is 7.64. The number of nitrogens with one attached hydrogen (secondary N) is 3. The van der Waals surface area contributed by atoms with Crippen LogP contribution in [0.4, 0.5) is 5.69 Å². The molecule has 2 amide bonds. The van der Waals surface area contributed by atoms with Crippen LogP contribution in [0.25, 0.3) is 5.57 Å². The third-order valence-corrected chi connectivity index (χ3v) is 7.64. The maximum Gasteiger partial charge on any atom is 0.326 e. The first-order valence-electron chi connectivity index (χ1n) is 14.0. The predicted molar refractivity (Wildman–Crippen MR) is 167 cm³/mol. The number of carbonyl (C=O) groups excluding carboxylic acids is 3. The number of nitrogen functional groups attached to an aromatic ring is 1. The molecule has 1 heterocycles. The number of carbonyl (C=O) groups is 3. The first-order chi connectivity index (χ1) is 20.4. The summed E-state index contributed by atoms with van der Waals surface area (Å²) in [6, 6.07) is 18.9. The molecule has 2 aromatic carbocycles. The van der Waals surface area contributed by atoms with Crippen molar-refractivity contribution in [1.82, 2.24) is 10.3 Å². The monoisotopic (exact) mass is 579 g/mol. The van der Waals surface area contributed by atoms with Crippen LogP contribution in [-0.4, -0.2) is 34.6 Å². The summed E-state index contributed by atoms with van der Waals surface area (Å²) < 4.78 is 5.83. The number of aromatic nitrogens is 1. The van der Waals surface area contributed by atoms with Gasteiger partial charge in [0, 0.05) is 11.6 Å². The Morgan fingerprint density at radius 1 is 1.05 bits per heavy atom. The molecule has 3 aromatic rings. The van der Waals surface area contributed by atoms with Crippen molar-refractivity contribution in [2.75, 3.05) is 5.32 Å². The van der Waals surface area contributed by atoms with Gasteiger partial charge in [-0.2, -0.15) is 0 Å². The number of ether oxygens (including phenoxy) is 1. The number of nitrogens with zero attached hydrogens (tertiary/aromatic N) is 1. The van der Waals surface area contributed by atoms with E-state index in [9.17, 15) is 14.4 Å². The standard InChI is InChI=1S/C34H37N5O4/c1-22(33(2,3)4)38-31(41)34(32(42)43-21-23-12-6-5-7-13-23)19-11-10-16-27(34)25-14-8-9-15-26(25)30(40)39-24-17-18-28(29(35)36)37-20-24/h5-18,20,22H,19,21H2,1-4H3,(H3,35,36)(H,38,41)(H,39,40). The highest BCUT2D eigenvalue weighted by atomic mass is 16.5. The molecule has 2 atom stereocenters. The molecule has 0 radical (unpaired) electrons. The van der Waals surface area contributed by atoms with Crippen molar-refractivity contribution in [3.05, 3.63) is 114 Å². The number of amidine groups is 1. The number of amides is 2. The third kappa shape index (κ3) is 6.89. The lowest BCUT2D eigenvalue weighted by atomic mass is 9.69. The van der Waals surface area contributed by atoms with Crippen LogP contribution in [0.3, 0.4) is 0 Å². The van der Waals surface area contributed by atoms with Gasteiger partial charge in [-0.1, -0.05) is 87.5 Å². The molecular formula is C34H37N5O4. The molecule has 1 aliphatic carbocycles. The summed E-state index contributed by atoms with van der Waals surface area (Å²) in [6.07, 6.45) is 6.70. The summed E-state index contributed by atoms with van der Waals surface area (Å²) in [6.45, 7) is 7.91. The molecule has 0 saturated heterocycles. The highest BCUT2D eigenvalue weighted by molar-refractivity contribution is 6.17. The van der Waals surface area contributed by atoms with Gasteiger partial charge < -0.3 is 21.1 Å². The smallest absolute Gasteiger partial charge is 0.326 e. The van der Waals surface area contributed by atoms with Gasteiger partial charge in [-0.05, 0) is 53.7 Å². The van der Waals surface area contributed by atoms with Crippen LogP contribution >= 0.6 is 0 Å². The van der Waals surface area contributed by atoms with E-state index in [-0.39, 0.29) is 41.6 Å². The molecule has 222 valence electrons. The summed E-state index contributed by atoms with van der Waals surface area (Å²) in [7, 11) is 0. The Balaban J connectivity index is 1.74. The number of rotatable bonds is 9. The van der Waals surface area contributed by atoms with E-state index in [0.29, 0.717) is 16.8 Å². The number of benzene rings is 2. The fraction of sp³-hybridized carbons (Fsp3) is 0.265. The average molecular weight is 580 g/mol. The van der Waals surface area contributed by atoms with Gasteiger partial charge in [-0.15, -0.1) is 0 Å². The molecule has 1 aliphatic rings. The SMILES string of the molecule is CC(NC(=O)C1(C(=O)OCc2ccccc2)CC=CC=C1c1ccccc1C(=O)Nc1ccc(C(=N)N)nc1)C(C)(C)C. The summed E-state index contributed by atoms with van der Waals surface area (Å²) in [5.74, 6) is -1.85. The minimum Gasteiger partial charge on any atom is -0.460 e. The molecule has 0 fully saturated rings. The zero-order valence-corrected chi connectivity index (χ0v) is 24.8. The second-order valence-corrected chi connectivity index (χ2v) is 11.6. The molecule has 2 unspecified atom stereocenters.